The quantitative estimate of drug-likeness (QED) is 0.215. The summed E-state index contributed by atoms with van der Waals surface area (Å²) in [5.41, 5.74) is 21.5. The second-order valence-corrected chi connectivity index (χ2v) is 13.4. The molecule has 8 rings (SSSR count). The second-order valence-electron chi connectivity index (χ2n) is 12.3. The molecule has 4 N–H and O–H groups in total. The Morgan fingerprint density at radius 3 is 2.44 bits per heavy atom. The zero-order valence-electron chi connectivity index (χ0n) is 24.3. The molecule has 3 atom stereocenters. The first-order valence-electron chi connectivity index (χ1n) is 15.6. The van der Waals surface area contributed by atoms with Crippen LogP contribution in [0.2, 0.25) is 0 Å². The Bertz CT molecular complexity index is 2030. The van der Waals surface area contributed by atoms with Crippen molar-refractivity contribution in [3.63, 3.8) is 0 Å². The first kappa shape index (κ1) is 26.6. The number of allylic oxidation sites excluding steroid dienone is 4. The van der Waals surface area contributed by atoms with Crippen molar-refractivity contribution in [3.05, 3.63) is 149 Å². The van der Waals surface area contributed by atoms with Gasteiger partial charge in [0.2, 0.25) is 0 Å². The van der Waals surface area contributed by atoms with Crippen LogP contribution in [0.1, 0.15) is 60.4 Å². The average Bonchev–Trinajstić information content (AvgIpc) is 3.47. The molecular weight excluding hydrogens is 541 g/mol. The zero-order valence-corrected chi connectivity index (χ0v) is 25.1. The molecule has 1 aromatic heterocycles. The van der Waals surface area contributed by atoms with E-state index in [0.29, 0.717) is 5.92 Å². The highest BCUT2D eigenvalue weighted by Crippen LogP contribution is 2.46. The number of hydrogen-bond donors (Lipinski definition) is 2. The van der Waals surface area contributed by atoms with Gasteiger partial charge >= 0.3 is 0 Å². The van der Waals surface area contributed by atoms with Gasteiger partial charge in [0.25, 0.3) is 0 Å². The predicted molar refractivity (Wildman–Crippen MR) is 184 cm³/mol. The van der Waals surface area contributed by atoms with E-state index in [2.05, 4.69) is 115 Å². The maximum atomic E-state index is 7.69. The third kappa shape index (κ3) is 4.30. The van der Waals surface area contributed by atoms with Gasteiger partial charge in [-0.15, -0.1) is 11.3 Å². The summed E-state index contributed by atoms with van der Waals surface area (Å²) in [6.45, 7) is 0. The molecule has 1 heterocycles. The van der Waals surface area contributed by atoms with Gasteiger partial charge in [0, 0.05) is 25.6 Å². The lowest BCUT2D eigenvalue weighted by atomic mass is 9.73. The van der Waals surface area contributed by atoms with E-state index < -0.39 is 11.6 Å². The Balaban J connectivity index is 1.30. The van der Waals surface area contributed by atoms with E-state index in [4.69, 9.17) is 11.5 Å². The summed E-state index contributed by atoms with van der Waals surface area (Å²) in [5, 5.41) is 4.94. The van der Waals surface area contributed by atoms with Crippen LogP contribution in [-0.4, -0.2) is 0 Å². The van der Waals surface area contributed by atoms with Gasteiger partial charge in [-0.2, -0.15) is 0 Å². The van der Waals surface area contributed by atoms with Crippen LogP contribution in [-0.2, 0) is 5.54 Å². The molecule has 2 aliphatic carbocycles. The van der Waals surface area contributed by atoms with Crippen molar-refractivity contribution in [3.8, 4) is 0 Å². The van der Waals surface area contributed by atoms with Crippen molar-refractivity contribution < 1.29 is 0 Å². The van der Waals surface area contributed by atoms with E-state index in [1.807, 2.05) is 17.4 Å². The van der Waals surface area contributed by atoms with Crippen molar-refractivity contribution in [2.24, 2.45) is 17.4 Å². The van der Waals surface area contributed by atoms with Crippen molar-refractivity contribution in [1.82, 2.24) is 0 Å². The van der Waals surface area contributed by atoms with Crippen molar-refractivity contribution in [2.75, 3.05) is 0 Å². The summed E-state index contributed by atoms with van der Waals surface area (Å²) in [7, 11) is 0. The SMILES string of the molecule is NC(c1ccc(C2=C3CCCCC3CC=C2)cc1)C(N)(c1ccccc1)c1cccc2ccc3c4ccccc4sc3c12. The average molecular weight is 577 g/mol. The highest BCUT2D eigenvalue weighted by Gasteiger charge is 2.39. The number of fused-ring (bicyclic) bond motifs is 6. The molecular formula is C40H36N2S. The summed E-state index contributed by atoms with van der Waals surface area (Å²) >= 11 is 1.84. The Hall–Kier alpha value is -4.02. The van der Waals surface area contributed by atoms with Gasteiger partial charge in [0.05, 0.1) is 11.6 Å². The van der Waals surface area contributed by atoms with Gasteiger partial charge in [-0.1, -0.05) is 127 Å². The molecule has 0 saturated heterocycles. The number of benzene rings is 5. The Labute approximate surface area is 257 Å². The minimum Gasteiger partial charge on any atom is -0.322 e. The second kappa shape index (κ2) is 10.6. The number of thiophene rings is 1. The summed E-state index contributed by atoms with van der Waals surface area (Å²) in [6.07, 6.45) is 11.1. The minimum absolute atomic E-state index is 0.457. The fraction of sp³-hybridized carbons (Fsp3) is 0.200. The third-order valence-corrected chi connectivity index (χ3v) is 11.2. The molecule has 1 fully saturated rings. The molecule has 0 aliphatic heterocycles. The van der Waals surface area contributed by atoms with E-state index in [0.717, 1.165) is 16.7 Å². The van der Waals surface area contributed by atoms with Crippen LogP contribution >= 0.6 is 11.3 Å². The van der Waals surface area contributed by atoms with E-state index in [-0.39, 0.29) is 0 Å². The standard InChI is InChI=1S/C40H36N2S/c41-39(29-22-20-27(21-23-29)32-17-8-11-26-10-4-5-15-31(26)32)40(42,30-13-2-1-3-14-30)35-18-9-12-28-24-25-34-33-16-6-7-19-36(33)43-38(34)37(28)35/h1-3,6-9,12-14,16-26,39H,4-5,10-11,15,41-42H2. The molecule has 0 bridgehead atoms. The fourth-order valence-corrected chi connectivity index (χ4v) is 8.96. The van der Waals surface area contributed by atoms with Gasteiger partial charge in [-0.05, 0) is 70.9 Å². The largest absolute Gasteiger partial charge is 0.322 e. The van der Waals surface area contributed by atoms with Crippen LogP contribution in [0.5, 0.6) is 0 Å². The molecule has 5 aromatic carbocycles. The summed E-state index contributed by atoms with van der Waals surface area (Å²) in [4.78, 5) is 0. The molecule has 43 heavy (non-hydrogen) atoms. The Morgan fingerprint density at radius 1 is 0.767 bits per heavy atom. The van der Waals surface area contributed by atoms with Crippen LogP contribution in [0, 0.1) is 5.92 Å². The van der Waals surface area contributed by atoms with Gasteiger partial charge in [0.15, 0.2) is 0 Å². The summed E-state index contributed by atoms with van der Waals surface area (Å²) in [6, 6.07) is 38.6. The van der Waals surface area contributed by atoms with E-state index in [1.165, 1.54) is 74.2 Å². The van der Waals surface area contributed by atoms with Crippen LogP contribution in [0.25, 0.3) is 36.5 Å². The predicted octanol–water partition coefficient (Wildman–Crippen LogP) is 10.0. The molecule has 1 saturated carbocycles. The zero-order chi connectivity index (χ0) is 29.0. The van der Waals surface area contributed by atoms with Gasteiger partial charge < -0.3 is 11.5 Å². The Kier molecular flexibility index (Phi) is 6.56. The van der Waals surface area contributed by atoms with Gasteiger partial charge in [-0.3, -0.25) is 0 Å². The topological polar surface area (TPSA) is 52.0 Å². The van der Waals surface area contributed by atoms with Crippen molar-refractivity contribution in [2.45, 2.75) is 43.7 Å². The summed E-state index contributed by atoms with van der Waals surface area (Å²) < 4.78 is 2.55. The highest BCUT2D eigenvalue weighted by molar-refractivity contribution is 7.26. The molecule has 0 spiro atoms. The van der Waals surface area contributed by atoms with Crippen molar-refractivity contribution >= 4 is 47.9 Å². The molecule has 212 valence electrons. The van der Waals surface area contributed by atoms with Crippen LogP contribution < -0.4 is 11.5 Å². The van der Waals surface area contributed by atoms with Crippen LogP contribution in [0.15, 0.2) is 127 Å². The maximum Gasteiger partial charge on any atom is 0.0868 e. The maximum absolute atomic E-state index is 7.69. The normalized spacial score (nSPS) is 19.1. The van der Waals surface area contributed by atoms with Crippen molar-refractivity contribution in [1.29, 1.82) is 0 Å². The lowest BCUT2D eigenvalue weighted by Gasteiger charge is -2.38. The Morgan fingerprint density at radius 2 is 1.58 bits per heavy atom. The fourth-order valence-electron chi connectivity index (χ4n) is 7.68. The number of rotatable bonds is 5. The molecule has 0 amide bonds. The molecule has 3 unspecified atom stereocenters. The lowest BCUT2D eigenvalue weighted by Crippen LogP contribution is -2.47. The first-order chi connectivity index (χ1) is 21.1. The molecule has 2 aliphatic rings. The number of nitrogens with two attached hydrogens (primary N) is 2. The lowest BCUT2D eigenvalue weighted by molar-refractivity contribution is 0.436. The smallest absolute Gasteiger partial charge is 0.0868 e. The van der Waals surface area contributed by atoms with Gasteiger partial charge in [0.1, 0.15) is 0 Å². The van der Waals surface area contributed by atoms with Crippen LogP contribution in [0.3, 0.4) is 0 Å². The molecule has 3 heteroatoms. The molecule has 0 radical (unpaired) electrons. The van der Waals surface area contributed by atoms with Gasteiger partial charge in [-0.25, -0.2) is 0 Å². The minimum atomic E-state index is -0.951. The van der Waals surface area contributed by atoms with E-state index >= 15 is 0 Å². The van der Waals surface area contributed by atoms with E-state index in [1.54, 1.807) is 5.57 Å². The molecule has 2 nitrogen and oxygen atoms in total. The first-order valence-corrected chi connectivity index (χ1v) is 16.4. The summed E-state index contributed by atoms with van der Waals surface area (Å²) in [5.74, 6) is 0.711. The van der Waals surface area contributed by atoms with E-state index in [9.17, 15) is 0 Å². The monoisotopic (exact) mass is 576 g/mol. The third-order valence-electron chi connectivity index (χ3n) is 9.95. The highest BCUT2D eigenvalue weighted by atomic mass is 32.1. The number of hydrogen-bond acceptors (Lipinski definition) is 3. The molecule has 6 aromatic rings. The van der Waals surface area contributed by atoms with Crippen LogP contribution in [0.4, 0.5) is 0 Å².